The lowest BCUT2D eigenvalue weighted by Crippen LogP contribution is -2.37. The second-order valence-corrected chi connectivity index (χ2v) is 4.22. The lowest BCUT2D eigenvalue weighted by Gasteiger charge is -2.07. The summed E-state index contributed by atoms with van der Waals surface area (Å²) >= 11 is 0. The number of carbonyl (C=O) groups is 1. The molecule has 0 radical (unpaired) electrons. The first-order chi connectivity index (χ1) is 9.63. The molecule has 0 aliphatic heterocycles. The zero-order valence-corrected chi connectivity index (χ0v) is 11.0. The number of methoxy groups -OCH3 is 1. The Kier molecular flexibility index (Phi) is 4.31. The summed E-state index contributed by atoms with van der Waals surface area (Å²) in [5.41, 5.74) is -0.799. The van der Waals surface area contributed by atoms with Crippen LogP contribution >= 0.6 is 0 Å². The van der Waals surface area contributed by atoms with Gasteiger partial charge >= 0.3 is 0 Å². The minimum absolute atomic E-state index is 0.234. The number of hydrogen-bond acceptors (Lipinski definition) is 4. The fourth-order valence-electron chi connectivity index (χ4n) is 1.85. The van der Waals surface area contributed by atoms with Crippen LogP contribution in [-0.2, 0) is 16.1 Å². The van der Waals surface area contributed by atoms with Crippen molar-refractivity contribution in [2.24, 2.45) is 0 Å². The third-order valence-electron chi connectivity index (χ3n) is 2.81. The van der Waals surface area contributed by atoms with E-state index in [1.165, 1.54) is 7.11 Å². The van der Waals surface area contributed by atoms with Crippen molar-refractivity contribution < 1.29 is 9.53 Å². The van der Waals surface area contributed by atoms with Crippen LogP contribution in [0.5, 0.6) is 0 Å². The van der Waals surface area contributed by atoms with Crippen LogP contribution in [0.4, 0.5) is 0 Å². The SMILES string of the molecule is COCCNC(=O)Cn1[nH]c(=O)c2ccccc2c1=O. The van der Waals surface area contributed by atoms with Crippen LogP contribution in [0.1, 0.15) is 0 Å². The molecule has 7 nitrogen and oxygen atoms in total. The van der Waals surface area contributed by atoms with Crippen molar-refractivity contribution >= 4 is 16.7 Å². The quantitative estimate of drug-likeness (QED) is 0.717. The van der Waals surface area contributed by atoms with Crippen LogP contribution in [0, 0.1) is 0 Å². The minimum Gasteiger partial charge on any atom is -0.383 e. The second-order valence-electron chi connectivity index (χ2n) is 4.22. The van der Waals surface area contributed by atoms with E-state index < -0.39 is 11.1 Å². The summed E-state index contributed by atoms with van der Waals surface area (Å²) < 4.78 is 5.81. The molecular weight excluding hydrogens is 262 g/mol. The maximum Gasteiger partial charge on any atom is 0.273 e. The molecule has 2 rings (SSSR count). The summed E-state index contributed by atoms with van der Waals surface area (Å²) in [4.78, 5) is 35.6. The lowest BCUT2D eigenvalue weighted by atomic mass is 10.2. The monoisotopic (exact) mass is 277 g/mol. The highest BCUT2D eigenvalue weighted by Crippen LogP contribution is 2.02. The summed E-state index contributed by atoms with van der Waals surface area (Å²) in [7, 11) is 1.53. The molecular formula is C13H15N3O4. The molecule has 0 bridgehead atoms. The van der Waals surface area contributed by atoms with Gasteiger partial charge in [-0.15, -0.1) is 0 Å². The Labute approximate surface area is 114 Å². The average Bonchev–Trinajstić information content (AvgIpc) is 2.45. The van der Waals surface area contributed by atoms with E-state index in [1.54, 1.807) is 24.3 Å². The molecule has 7 heteroatoms. The van der Waals surface area contributed by atoms with E-state index in [0.717, 1.165) is 4.68 Å². The molecule has 0 aliphatic carbocycles. The van der Waals surface area contributed by atoms with Gasteiger partial charge in [-0.25, -0.2) is 4.68 Å². The maximum absolute atomic E-state index is 12.1. The van der Waals surface area contributed by atoms with Crippen LogP contribution in [-0.4, -0.2) is 35.9 Å². The van der Waals surface area contributed by atoms with E-state index in [1.807, 2.05) is 0 Å². The van der Waals surface area contributed by atoms with Crippen LogP contribution in [0.2, 0.25) is 0 Å². The molecule has 2 N–H and O–H groups in total. The third-order valence-corrected chi connectivity index (χ3v) is 2.81. The summed E-state index contributed by atoms with van der Waals surface area (Å²) in [5.74, 6) is -0.366. The Morgan fingerprint density at radius 1 is 1.30 bits per heavy atom. The number of nitrogens with zero attached hydrogens (tertiary/aromatic N) is 1. The van der Waals surface area contributed by atoms with Gasteiger partial charge in [-0.05, 0) is 12.1 Å². The number of amides is 1. The summed E-state index contributed by atoms with van der Waals surface area (Å²) in [6.45, 7) is 0.499. The fourth-order valence-corrected chi connectivity index (χ4v) is 1.85. The topological polar surface area (TPSA) is 93.2 Å². The van der Waals surface area contributed by atoms with E-state index in [9.17, 15) is 14.4 Å². The lowest BCUT2D eigenvalue weighted by molar-refractivity contribution is -0.122. The van der Waals surface area contributed by atoms with Gasteiger partial charge in [0.1, 0.15) is 6.54 Å². The van der Waals surface area contributed by atoms with Crippen LogP contribution in [0.15, 0.2) is 33.9 Å². The van der Waals surface area contributed by atoms with Crippen molar-refractivity contribution in [3.8, 4) is 0 Å². The minimum atomic E-state index is -0.401. The molecule has 1 aromatic heterocycles. The first kappa shape index (κ1) is 14.0. The summed E-state index contributed by atoms with van der Waals surface area (Å²) in [6.07, 6.45) is 0. The Bertz CT molecular complexity index is 732. The number of aromatic nitrogens is 2. The first-order valence-electron chi connectivity index (χ1n) is 6.11. The van der Waals surface area contributed by atoms with E-state index in [4.69, 9.17) is 4.74 Å². The summed E-state index contributed by atoms with van der Waals surface area (Å²) in [6, 6.07) is 6.48. The number of nitrogens with one attached hydrogen (secondary N) is 2. The van der Waals surface area contributed by atoms with Gasteiger partial charge in [0, 0.05) is 13.7 Å². The van der Waals surface area contributed by atoms with E-state index >= 15 is 0 Å². The first-order valence-corrected chi connectivity index (χ1v) is 6.11. The largest absolute Gasteiger partial charge is 0.383 e. The number of ether oxygens (including phenoxy) is 1. The molecule has 0 saturated carbocycles. The van der Waals surface area contributed by atoms with Crippen molar-refractivity contribution in [1.82, 2.24) is 15.1 Å². The van der Waals surface area contributed by atoms with E-state index in [0.29, 0.717) is 23.9 Å². The number of fused-ring (bicyclic) bond motifs is 1. The number of carbonyl (C=O) groups excluding carboxylic acids is 1. The van der Waals surface area contributed by atoms with Crippen molar-refractivity contribution in [1.29, 1.82) is 0 Å². The molecule has 0 unspecified atom stereocenters. The highest BCUT2D eigenvalue weighted by Gasteiger charge is 2.09. The van der Waals surface area contributed by atoms with Crippen molar-refractivity contribution in [3.63, 3.8) is 0 Å². The van der Waals surface area contributed by atoms with E-state index in [-0.39, 0.29) is 12.5 Å². The summed E-state index contributed by atoms with van der Waals surface area (Å²) in [5, 5.41) is 5.58. The molecule has 0 saturated heterocycles. The normalized spacial score (nSPS) is 10.7. The molecule has 2 aromatic rings. The maximum atomic E-state index is 12.1. The molecule has 0 atom stereocenters. The smallest absolute Gasteiger partial charge is 0.273 e. The predicted molar refractivity (Wildman–Crippen MR) is 73.7 cm³/mol. The molecule has 1 heterocycles. The zero-order valence-electron chi connectivity index (χ0n) is 11.0. The van der Waals surface area contributed by atoms with Gasteiger partial charge in [0.15, 0.2) is 0 Å². The van der Waals surface area contributed by atoms with Crippen molar-refractivity contribution in [2.45, 2.75) is 6.54 Å². The number of aromatic amines is 1. The van der Waals surface area contributed by atoms with Gasteiger partial charge in [0.05, 0.1) is 17.4 Å². The Balaban J connectivity index is 2.27. The number of hydrogen-bond donors (Lipinski definition) is 2. The molecule has 20 heavy (non-hydrogen) atoms. The van der Waals surface area contributed by atoms with Gasteiger partial charge in [-0.3, -0.25) is 19.5 Å². The van der Waals surface area contributed by atoms with Gasteiger partial charge in [-0.1, -0.05) is 12.1 Å². The van der Waals surface area contributed by atoms with Crippen LogP contribution in [0.3, 0.4) is 0 Å². The van der Waals surface area contributed by atoms with Crippen molar-refractivity contribution in [3.05, 3.63) is 45.0 Å². The highest BCUT2D eigenvalue weighted by molar-refractivity contribution is 5.81. The highest BCUT2D eigenvalue weighted by atomic mass is 16.5. The Hall–Kier alpha value is -2.41. The zero-order chi connectivity index (χ0) is 14.5. The second kappa shape index (κ2) is 6.16. The molecule has 0 spiro atoms. The van der Waals surface area contributed by atoms with Gasteiger partial charge in [-0.2, -0.15) is 0 Å². The van der Waals surface area contributed by atoms with E-state index in [2.05, 4.69) is 10.4 Å². The fraction of sp³-hybridized carbons (Fsp3) is 0.308. The predicted octanol–water partition coefficient (Wildman–Crippen LogP) is -0.548. The number of rotatable bonds is 5. The Morgan fingerprint density at radius 2 is 2.00 bits per heavy atom. The number of benzene rings is 1. The van der Waals surface area contributed by atoms with Gasteiger partial charge in [0.2, 0.25) is 5.91 Å². The Morgan fingerprint density at radius 3 is 2.70 bits per heavy atom. The van der Waals surface area contributed by atoms with Crippen LogP contribution < -0.4 is 16.4 Å². The van der Waals surface area contributed by atoms with Gasteiger partial charge < -0.3 is 10.1 Å². The standard InChI is InChI=1S/C13H15N3O4/c1-20-7-6-14-11(17)8-16-13(19)10-5-3-2-4-9(10)12(18)15-16/h2-5H,6-8H2,1H3,(H,14,17)(H,15,18). The molecule has 0 fully saturated rings. The molecule has 1 aromatic carbocycles. The number of H-pyrrole nitrogens is 1. The average molecular weight is 277 g/mol. The van der Waals surface area contributed by atoms with Gasteiger partial charge in [0.25, 0.3) is 11.1 Å². The molecule has 0 aliphatic rings. The van der Waals surface area contributed by atoms with Crippen LogP contribution in [0.25, 0.3) is 10.8 Å². The van der Waals surface area contributed by atoms with Crippen molar-refractivity contribution in [2.75, 3.05) is 20.3 Å². The third kappa shape index (κ3) is 2.94. The molecule has 1 amide bonds. The molecule has 106 valence electrons.